The number of amides is 1. The Labute approximate surface area is 152 Å². The van der Waals surface area contributed by atoms with Crippen molar-refractivity contribution in [2.75, 3.05) is 6.79 Å². The number of benzene rings is 1. The summed E-state index contributed by atoms with van der Waals surface area (Å²) in [6.07, 6.45) is 6.19. The van der Waals surface area contributed by atoms with Gasteiger partial charge in [-0.3, -0.25) is 4.79 Å². The van der Waals surface area contributed by atoms with Gasteiger partial charge in [0.25, 0.3) is 0 Å². The third-order valence-corrected chi connectivity index (χ3v) is 6.07. The molecule has 132 valence electrons. The lowest BCUT2D eigenvalue weighted by molar-refractivity contribution is -0.122. The van der Waals surface area contributed by atoms with Gasteiger partial charge in [0.1, 0.15) is 0 Å². The third-order valence-electron chi connectivity index (χ3n) is 5.12. The van der Waals surface area contributed by atoms with Gasteiger partial charge in [-0.25, -0.2) is 0 Å². The summed E-state index contributed by atoms with van der Waals surface area (Å²) in [6.45, 7) is 0.281. The minimum absolute atomic E-state index is 0.128. The fourth-order valence-electron chi connectivity index (χ4n) is 3.78. The van der Waals surface area contributed by atoms with Crippen molar-refractivity contribution < 1.29 is 14.3 Å². The van der Waals surface area contributed by atoms with Crippen LogP contribution in [0, 0.1) is 5.92 Å². The molecule has 1 amide bonds. The SMILES string of the molecule is O=C(CCc1ccc2c(c1)OCO2)NC(c1cccs1)C1CCCC1. The number of carbonyl (C=O) groups excluding carboxylic acids is 1. The Morgan fingerprint density at radius 2 is 2.04 bits per heavy atom. The highest BCUT2D eigenvalue weighted by Gasteiger charge is 2.28. The number of rotatable bonds is 6. The van der Waals surface area contributed by atoms with Crippen molar-refractivity contribution in [3.8, 4) is 11.5 Å². The molecule has 2 aliphatic rings. The van der Waals surface area contributed by atoms with Crippen LogP contribution in [0.5, 0.6) is 11.5 Å². The van der Waals surface area contributed by atoms with Gasteiger partial charge in [0, 0.05) is 11.3 Å². The van der Waals surface area contributed by atoms with Gasteiger partial charge in [0.15, 0.2) is 11.5 Å². The average molecular weight is 357 g/mol. The molecule has 1 aromatic heterocycles. The highest BCUT2D eigenvalue weighted by molar-refractivity contribution is 7.10. The maximum absolute atomic E-state index is 12.6. The smallest absolute Gasteiger partial charge is 0.231 e. The Morgan fingerprint density at radius 3 is 2.84 bits per heavy atom. The summed E-state index contributed by atoms with van der Waals surface area (Å²) < 4.78 is 10.7. The number of ether oxygens (including phenoxy) is 2. The molecule has 5 heteroatoms. The second-order valence-corrected chi connectivity index (χ2v) is 7.77. The van der Waals surface area contributed by atoms with E-state index in [0.29, 0.717) is 18.8 Å². The van der Waals surface area contributed by atoms with Gasteiger partial charge >= 0.3 is 0 Å². The van der Waals surface area contributed by atoms with E-state index in [0.717, 1.165) is 17.1 Å². The Bertz CT molecular complexity index is 723. The van der Waals surface area contributed by atoms with Crippen molar-refractivity contribution in [3.05, 3.63) is 46.2 Å². The summed E-state index contributed by atoms with van der Waals surface area (Å²) >= 11 is 1.74. The summed E-state index contributed by atoms with van der Waals surface area (Å²) in [6, 6.07) is 10.3. The fraction of sp³-hybridized carbons (Fsp3) is 0.450. The molecule has 1 saturated carbocycles. The van der Waals surface area contributed by atoms with Crippen LogP contribution in [0.2, 0.25) is 0 Å². The maximum atomic E-state index is 12.6. The highest BCUT2D eigenvalue weighted by atomic mass is 32.1. The first-order valence-corrected chi connectivity index (χ1v) is 9.89. The molecular formula is C20H23NO3S. The maximum Gasteiger partial charge on any atom is 0.231 e. The number of hydrogen-bond donors (Lipinski definition) is 1. The summed E-state index contributed by atoms with van der Waals surface area (Å²) in [4.78, 5) is 13.8. The molecule has 1 aromatic carbocycles. The van der Waals surface area contributed by atoms with E-state index in [1.807, 2.05) is 18.2 Å². The monoisotopic (exact) mass is 357 g/mol. The average Bonchev–Trinajstić information content (AvgIpc) is 3.39. The first-order chi connectivity index (χ1) is 12.3. The molecule has 0 spiro atoms. The molecule has 1 unspecified atom stereocenters. The van der Waals surface area contributed by atoms with Crippen LogP contribution in [0.1, 0.15) is 48.6 Å². The molecule has 2 heterocycles. The first kappa shape index (κ1) is 16.5. The molecule has 4 rings (SSSR count). The molecule has 2 aromatic rings. The van der Waals surface area contributed by atoms with E-state index in [2.05, 4.69) is 22.8 Å². The Kier molecular flexibility index (Phi) is 4.92. The number of fused-ring (bicyclic) bond motifs is 1. The molecule has 1 atom stereocenters. The lowest BCUT2D eigenvalue weighted by Crippen LogP contribution is -2.32. The summed E-state index contributed by atoms with van der Waals surface area (Å²) in [5.74, 6) is 2.27. The van der Waals surface area contributed by atoms with Crippen LogP contribution in [0.3, 0.4) is 0 Å². The lowest BCUT2D eigenvalue weighted by Gasteiger charge is -2.24. The molecule has 1 aliphatic carbocycles. The Morgan fingerprint density at radius 1 is 1.20 bits per heavy atom. The topological polar surface area (TPSA) is 47.6 Å². The van der Waals surface area contributed by atoms with Crippen molar-refractivity contribution in [1.82, 2.24) is 5.32 Å². The van der Waals surface area contributed by atoms with Crippen LogP contribution >= 0.6 is 11.3 Å². The Balaban J connectivity index is 1.36. The number of hydrogen-bond acceptors (Lipinski definition) is 4. The van der Waals surface area contributed by atoms with E-state index in [1.54, 1.807) is 11.3 Å². The van der Waals surface area contributed by atoms with Crippen LogP contribution < -0.4 is 14.8 Å². The molecule has 0 saturated heterocycles. The minimum atomic E-state index is 0.128. The predicted octanol–water partition coefficient (Wildman–Crippen LogP) is 4.46. The highest BCUT2D eigenvalue weighted by Crippen LogP contribution is 2.37. The van der Waals surface area contributed by atoms with Crippen molar-refractivity contribution in [3.63, 3.8) is 0 Å². The van der Waals surface area contributed by atoms with E-state index in [-0.39, 0.29) is 18.7 Å². The second kappa shape index (κ2) is 7.48. The molecule has 0 radical (unpaired) electrons. The first-order valence-electron chi connectivity index (χ1n) is 9.01. The molecular weight excluding hydrogens is 334 g/mol. The van der Waals surface area contributed by atoms with Gasteiger partial charge in [-0.1, -0.05) is 25.0 Å². The van der Waals surface area contributed by atoms with Crippen LogP contribution in [0.25, 0.3) is 0 Å². The number of nitrogens with one attached hydrogen (secondary N) is 1. The largest absolute Gasteiger partial charge is 0.454 e. The zero-order valence-electron chi connectivity index (χ0n) is 14.2. The number of thiophene rings is 1. The molecule has 1 N–H and O–H groups in total. The van der Waals surface area contributed by atoms with Gasteiger partial charge in [-0.05, 0) is 54.3 Å². The van der Waals surface area contributed by atoms with Crippen LogP contribution in [0.4, 0.5) is 0 Å². The van der Waals surface area contributed by atoms with E-state index in [9.17, 15) is 4.79 Å². The van der Waals surface area contributed by atoms with Crippen molar-refractivity contribution in [2.24, 2.45) is 5.92 Å². The van der Waals surface area contributed by atoms with Crippen molar-refractivity contribution in [1.29, 1.82) is 0 Å². The van der Waals surface area contributed by atoms with E-state index in [1.165, 1.54) is 30.6 Å². The molecule has 25 heavy (non-hydrogen) atoms. The molecule has 1 aliphatic heterocycles. The zero-order chi connectivity index (χ0) is 17.1. The summed E-state index contributed by atoms with van der Waals surface area (Å²) in [5.41, 5.74) is 1.10. The second-order valence-electron chi connectivity index (χ2n) is 6.79. The molecule has 4 nitrogen and oxygen atoms in total. The summed E-state index contributed by atoms with van der Waals surface area (Å²) in [5, 5.41) is 5.39. The molecule has 1 fully saturated rings. The number of aryl methyl sites for hydroxylation is 1. The predicted molar refractivity (Wildman–Crippen MR) is 98.0 cm³/mol. The van der Waals surface area contributed by atoms with Gasteiger partial charge in [-0.15, -0.1) is 11.3 Å². The van der Waals surface area contributed by atoms with Gasteiger partial charge in [0.2, 0.25) is 12.7 Å². The Hall–Kier alpha value is -2.01. The zero-order valence-corrected chi connectivity index (χ0v) is 15.0. The van der Waals surface area contributed by atoms with E-state index in [4.69, 9.17) is 9.47 Å². The van der Waals surface area contributed by atoms with Crippen LogP contribution in [-0.2, 0) is 11.2 Å². The van der Waals surface area contributed by atoms with Crippen LogP contribution in [0.15, 0.2) is 35.7 Å². The third kappa shape index (κ3) is 3.82. The number of carbonyl (C=O) groups is 1. The fourth-order valence-corrected chi connectivity index (χ4v) is 4.65. The van der Waals surface area contributed by atoms with Crippen molar-refractivity contribution in [2.45, 2.75) is 44.6 Å². The quantitative estimate of drug-likeness (QED) is 0.830. The standard InChI is InChI=1S/C20H23NO3S/c22-19(10-8-14-7-9-16-17(12-14)24-13-23-16)21-20(15-4-1-2-5-15)18-6-3-11-25-18/h3,6-7,9,11-12,15,20H,1-2,4-5,8,10,13H2,(H,21,22). The van der Waals surface area contributed by atoms with Gasteiger partial charge < -0.3 is 14.8 Å². The van der Waals surface area contributed by atoms with Gasteiger partial charge in [0.05, 0.1) is 6.04 Å². The summed E-state index contributed by atoms with van der Waals surface area (Å²) in [7, 11) is 0. The van der Waals surface area contributed by atoms with E-state index < -0.39 is 0 Å². The van der Waals surface area contributed by atoms with Gasteiger partial charge in [-0.2, -0.15) is 0 Å². The van der Waals surface area contributed by atoms with Crippen molar-refractivity contribution >= 4 is 17.2 Å². The lowest BCUT2D eigenvalue weighted by atomic mass is 9.96. The molecule has 0 bridgehead atoms. The normalized spacial score (nSPS) is 17.6. The van der Waals surface area contributed by atoms with E-state index >= 15 is 0 Å². The van der Waals surface area contributed by atoms with Crippen LogP contribution in [-0.4, -0.2) is 12.7 Å². The minimum Gasteiger partial charge on any atom is -0.454 e.